The summed E-state index contributed by atoms with van der Waals surface area (Å²) in [6, 6.07) is 4.68. The number of ether oxygens (including phenoxy) is 2. The van der Waals surface area contributed by atoms with Gasteiger partial charge < -0.3 is 9.47 Å². The van der Waals surface area contributed by atoms with Crippen LogP contribution in [0.2, 0.25) is 5.02 Å². The molecule has 0 spiro atoms. The highest BCUT2D eigenvalue weighted by Gasteiger charge is 2.23. The van der Waals surface area contributed by atoms with Crippen LogP contribution in [0.15, 0.2) is 23.2 Å². The Morgan fingerprint density at radius 3 is 2.54 bits per heavy atom. The number of ketones is 1. The molecule has 130 valence electrons. The van der Waals surface area contributed by atoms with Gasteiger partial charge in [-0.25, -0.2) is 4.79 Å². The number of esters is 2. The number of hydrogen-bond acceptors (Lipinski definition) is 6. The summed E-state index contributed by atoms with van der Waals surface area (Å²) in [6.45, 7) is 5.25. The van der Waals surface area contributed by atoms with Crippen LogP contribution >= 0.6 is 11.6 Å². The summed E-state index contributed by atoms with van der Waals surface area (Å²) < 4.78 is 9.88. The van der Waals surface area contributed by atoms with E-state index in [9.17, 15) is 14.4 Å². The molecule has 0 aliphatic rings. The number of benzene rings is 1. The highest BCUT2D eigenvalue weighted by atomic mass is 35.5. The summed E-state index contributed by atoms with van der Waals surface area (Å²) in [6.07, 6.45) is 1.86. The van der Waals surface area contributed by atoms with Crippen LogP contribution in [0.3, 0.4) is 0 Å². The van der Waals surface area contributed by atoms with Gasteiger partial charge in [-0.3, -0.25) is 14.6 Å². The van der Waals surface area contributed by atoms with Crippen molar-refractivity contribution < 1.29 is 23.9 Å². The Bertz CT molecular complexity index is 642. The molecule has 0 amide bonds. The summed E-state index contributed by atoms with van der Waals surface area (Å²) >= 11 is 6.17. The second-order valence-corrected chi connectivity index (χ2v) is 5.27. The molecule has 0 saturated carbocycles. The van der Waals surface area contributed by atoms with E-state index >= 15 is 0 Å². The number of hydrogen-bond donors (Lipinski definition) is 0. The average molecular weight is 354 g/mol. The summed E-state index contributed by atoms with van der Waals surface area (Å²) in [5, 5.41) is 0.0982. The normalized spacial score (nSPS) is 12.0. The average Bonchev–Trinajstić information content (AvgIpc) is 2.54. The Hall–Kier alpha value is -2.21. The van der Waals surface area contributed by atoms with E-state index in [-0.39, 0.29) is 29.5 Å². The highest BCUT2D eigenvalue weighted by molar-refractivity contribution is 6.36. The quantitative estimate of drug-likeness (QED) is 0.406. The third-order valence-corrected chi connectivity index (χ3v) is 3.37. The van der Waals surface area contributed by atoms with Crippen LogP contribution in [-0.2, 0) is 19.1 Å². The van der Waals surface area contributed by atoms with Crippen LogP contribution in [0.1, 0.15) is 37.6 Å². The summed E-state index contributed by atoms with van der Waals surface area (Å²) in [4.78, 5) is 39.3. The first-order valence-electron chi connectivity index (χ1n) is 7.59. The molecule has 1 aromatic rings. The van der Waals surface area contributed by atoms with Crippen molar-refractivity contribution in [3.05, 3.63) is 28.8 Å². The fourth-order valence-corrected chi connectivity index (χ4v) is 2.02. The van der Waals surface area contributed by atoms with Gasteiger partial charge in [0, 0.05) is 6.21 Å². The van der Waals surface area contributed by atoms with Crippen molar-refractivity contribution in [1.29, 1.82) is 0 Å². The number of aliphatic imine (C=N–C) groups is 1. The van der Waals surface area contributed by atoms with Crippen LogP contribution in [0, 0.1) is 5.92 Å². The van der Waals surface area contributed by atoms with Crippen LogP contribution in [0.4, 0.5) is 5.69 Å². The van der Waals surface area contributed by atoms with Gasteiger partial charge in [0.25, 0.3) is 0 Å². The maximum atomic E-state index is 11.9. The number of Topliss-reactive ketones (excluding diaryl/α,β-unsaturated/α-hetero) is 1. The van der Waals surface area contributed by atoms with Crippen LogP contribution in [-0.4, -0.2) is 37.2 Å². The Labute approximate surface area is 145 Å². The zero-order chi connectivity index (χ0) is 18.1. The van der Waals surface area contributed by atoms with E-state index in [1.807, 2.05) is 6.92 Å². The zero-order valence-corrected chi connectivity index (χ0v) is 14.6. The number of halogens is 1. The molecule has 24 heavy (non-hydrogen) atoms. The minimum Gasteiger partial charge on any atom is -0.465 e. The van der Waals surface area contributed by atoms with Crippen LogP contribution in [0.25, 0.3) is 0 Å². The SMILES string of the molecule is CCCOC(=O)c1cccc(N=CC(C(C)=O)C(=O)OCC)c1Cl. The van der Waals surface area contributed by atoms with Gasteiger partial charge in [-0.05, 0) is 32.4 Å². The lowest BCUT2D eigenvalue weighted by Crippen LogP contribution is -2.25. The van der Waals surface area contributed by atoms with Gasteiger partial charge in [-0.2, -0.15) is 0 Å². The van der Waals surface area contributed by atoms with Crippen molar-refractivity contribution in [2.75, 3.05) is 13.2 Å². The molecule has 1 rings (SSSR count). The van der Waals surface area contributed by atoms with Gasteiger partial charge in [0.05, 0.1) is 29.5 Å². The highest BCUT2D eigenvalue weighted by Crippen LogP contribution is 2.29. The second-order valence-electron chi connectivity index (χ2n) is 4.89. The van der Waals surface area contributed by atoms with Gasteiger partial charge in [-0.1, -0.05) is 24.6 Å². The molecule has 0 aromatic heterocycles. The predicted octanol–water partition coefficient (Wildman–Crippen LogP) is 3.38. The lowest BCUT2D eigenvalue weighted by Gasteiger charge is -2.09. The molecular formula is C17H20ClNO5. The van der Waals surface area contributed by atoms with Crippen molar-refractivity contribution >= 4 is 41.2 Å². The number of carbonyl (C=O) groups excluding carboxylic acids is 3. The molecule has 0 saturated heterocycles. The Kier molecular flexibility index (Phi) is 8.12. The topological polar surface area (TPSA) is 82.0 Å². The van der Waals surface area contributed by atoms with Gasteiger partial charge >= 0.3 is 11.9 Å². The van der Waals surface area contributed by atoms with Crippen LogP contribution in [0.5, 0.6) is 0 Å². The van der Waals surface area contributed by atoms with E-state index in [0.717, 1.165) is 0 Å². The van der Waals surface area contributed by atoms with Gasteiger partial charge in [-0.15, -0.1) is 0 Å². The molecule has 0 N–H and O–H groups in total. The second kappa shape index (κ2) is 9.82. The van der Waals surface area contributed by atoms with E-state index in [2.05, 4.69) is 4.99 Å². The number of nitrogens with zero attached hydrogens (tertiary/aromatic N) is 1. The Morgan fingerprint density at radius 2 is 1.96 bits per heavy atom. The first-order valence-corrected chi connectivity index (χ1v) is 7.97. The van der Waals surface area contributed by atoms with E-state index < -0.39 is 23.6 Å². The van der Waals surface area contributed by atoms with E-state index in [0.29, 0.717) is 6.42 Å². The fraction of sp³-hybridized carbons (Fsp3) is 0.412. The summed E-state index contributed by atoms with van der Waals surface area (Å²) in [5.41, 5.74) is 0.438. The molecule has 0 bridgehead atoms. The first-order chi connectivity index (χ1) is 11.4. The van der Waals surface area contributed by atoms with Gasteiger partial charge in [0.15, 0.2) is 5.92 Å². The lowest BCUT2D eigenvalue weighted by atomic mass is 10.1. The Morgan fingerprint density at radius 1 is 1.25 bits per heavy atom. The fourth-order valence-electron chi connectivity index (χ4n) is 1.77. The van der Waals surface area contributed by atoms with Crippen molar-refractivity contribution in [2.24, 2.45) is 10.9 Å². The number of carbonyl (C=O) groups is 3. The predicted molar refractivity (Wildman–Crippen MR) is 91.0 cm³/mol. The van der Waals surface area contributed by atoms with Gasteiger partial charge in [0.1, 0.15) is 5.78 Å². The molecule has 6 nitrogen and oxygen atoms in total. The van der Waals surface area contributed by atoms with E-state index in [4.69, 9.17) is 21.1 Å². The molecule has 7 heteroatoms. The first kappa shape index (κ1) is 19.8. The third-order valence-electron chi connectivity index (χ3n) is 2.98. The minimum absolute atomic E-state index is 0.0982. The molecule has 0 heterocycles. The summed E-state index contributed by atoms with van der Waals surface area (Å²) in [5.74, 6) is -2.74. The smallest absolute Gasteiger partial charge is 0.339 e. The van der Waals surface area contributed by atoms with Crippen LogP contribution < -0.4 is 0 Å². The summed E-state index contributed by atoms with van der Waals surface area (Å²) in [7, 11) is 0. The van der Waals surface area contributed by atoms with Crippen molar-refractivity contribution in [3.8, 4) is 0 Å². The number of rotatable bonds is 8. The molecular weight excluding hydrogens is 334 g/mol. The molecule has 1 atom stereocenters. The molecule has 0 aliphatic heterocycles. The molecule has 0 aliphatic carbocycles. The lowest BCUT2D eigenvalue weighted by molar-refractivity contribution is -0.148. The maximum absolute atomic E-state index is 11.9. The van der Waals surface area contributed by atoms with Crippen molar-refractivity contribution in [3.63, 3.8) is 0 Å². The van der Waals surface area contributed by atoms with Crippen molar-refractivity contribution in [1.82, 2.24) is 0 Å². The molecule has 1 unspecified atom stereocenters. The third kappa shape index (κ3) is 5.45. The Balaban J connectivity index is 3.03. The zero-order valence-electron chi connectivity index (χ0n) is 13.9. The molecule has 1 aromatic carbocycles. The monoisotopic (exact) mass is 353 g/mol. The van der Waals surface area contributed by atoms with E-state index in [1.54, 1.807) is 19.1 Å². The molecule has 0 fully saturated rings. The minimum atomic E-state index is -1.11. The molecule has 0 radical (unpaired) electrons. The standard InChI is InChI=1S/C17H20ClNO5/c1-4-9-24-16(21)12-7-6-8-14(15(12)18)19-10-13(11(3)20)17(22)23-5-2/h6-8,10,13H,4-5,9H2,1-3H3. The van der Waals surface area contributed by atoms with Gasteiger partial charge in [0.2, 0.25) is 0 Å². The largest absolute Gasteiger partial charge is 0.465 e. The van der Waals surface area contributed by atoms with E-state index in [1.165, 1.54) is 19.2 Å². The maximum Gasteiger partial charge on any atom is 0.339 e. The van der Waals surface area contributed by atoms with Crippen molar-refractivity contribution in [2.45, 2.75) is 27.2 Å².